The van der Waals surface area contributed by atoms with Crippen molar-refractivity contribution in [1.29, 1.82) is 0 Å². The quantitative estimate of drug-likeness (QED) is 0.296. The predicted molar refractivity (Wildman–Crippen MR) is 101 cm³/mol. The van der Waals surface area contributed by atoms with E-state index in [4.69, 9.17) is 32.1 Å². The van der Waals surface area contributed by atoms with E-state index in [1.54, 1.807) is 0 Å². The maximum absolute atomic E-state index is 6.49. The topological polar surface area (TPSA) is 73.8 Å². The summed E-state index contributed by atoms with van der Waals surface area (Å²) in [4.78, 5) is 0. The van der Waals surface area contributed by atoms with E-state index in [0.717, 1.165) is 34.6 Å². The van der Waals surface area contributed by atoms with Crippen molar-refractivity contribution < 1.29 is 32.1 Å². The zero-order valence-corrected chi connectivity index (χ0v) is 21.9. The van der Waals surface area contributed by atoms with Gasteiger partial charge in [0.05, 0.1) is 0 Å². The summed E-state index contributed by atoms with van der Waals surface area (Å²) in [6.07, 6.45) is 4.01. The molecule has 0 aromatic carbocycles. The Hall–Kier alpha value is 0.912. The number of hydrogen-bond donors (Lipinski definition) is 0. The van der Waals surface area contributed by atoms with Gasteiger partial charge in [0.15, 0.2) is 0 Å². The van der Waals surface area contributed by atoms with Crippen LogP contribution in [0, 0.1) is 0 Å². The molecule has 0 aliphatic carbocycles. The van der Waals surface area contributed by atoms with E-state index in [-0.39, 0.29) is 0 Å². The molecule has 0 heterocycles. The fraction of sp³-hybridized carbons (Fsp3) is 1.00. The predicted octanol–water partition coefficient (Wildman–Crippen LogP) is 2.81. The van der Waals surface area contributed by atoms with E-state index in [1.165, 1.54) is 42.7 Å². The first-order chi connectivity index (χ1) is 11.9. The Kier molecular flexibility index (Phi) is 13.6. The van der Waals surface area contributed by atoms with Crippen LogP contribution in [0.15, 0.2) is 0 Å². The molecule has 0 fully saturated rings. The molecule has 11 heteroatoms. The van der Waals surface area contributed by atoms with Gasteiger partial charge in [-0.2, -0.15) is 0 Å². The molecule has 0 atom stereocenters. The molecule has 0 saturated heterocycles. The number of rotatable bonds is 16. The number of unbranched alkanes of at least 4 members (excludes halogenated alkanes) is 2. The molecule has 0 amide bonds. The average Bonchev–Trinajstić information content (AvgIpc) is 2.67. The molecule has 0 rings (SSSR count). The van der Waals surface area contributed by atoms with Crippen LogP contribution < -0.4 is 0 Å². The van der Waals surface area contributed by atoms with Crippen molar-refractivity contribution >= 4 is 37.3 Å². The van der Waals surface area contributed by atoms with Crippen LogP contribution in [0.3, 0.4) is 0 Å². The van der Waals surface area contributed by atoms with Gasteiger partial charge in [0.1, 0.15) is 0 Å². The third-order valence-electron chi connectivity index (χ3n) is 3.94. The Morgan fingerprint density at radius 3 is 1.04 bits per heavy atom. The first-order valence-corrected chi connectivity index (χ1v) is 18.2. The van der Waals surface area contributed by atoms with Gasteiger partial charge in [0, 0.05) is 0 Å². The molecule has 25 heavy (non-hydrogen) atoms. The second kappa shape index (κ2) is 13.2. The molecular formula is C14H36O8Si2Sn. The summed E-state index contributed by atoms with van der Waals surface area (Å²) in [6, 6.07) is 0. The van der Waals surface area contributed by atoms with E-state index < -0.39 is 37.3 Å². The van der Waals surface area contributed by atoms with E-state index in [9.17, 15) is 0 Å². The van der Waals surface area contributed by atoms with Crippen molar-refractivity contribution in [2.75, 3.05) is 42.7 Å². The summed E-state index contributed by atoms with van der Waals surface area (Å²) in [7, 11) is 2.65. The Morgan fingerprint density at radius 1 is 0.560 bits per heavy atom. The Labute approximate surface area is 160 Å². The second-order valence-electron chi connectivity index (χ2n) is 5.55. The van der Waals surface area contributed by atoms with Crippen LogP contribution in [0.1, 0.15) is 39.5 Å². The van der Waals surface area contributed by atoms with Crippen LogP contribution in [-0.4, -0.2) is 80.0 Å². The number of hydrogen-bond acceptors (Lipinski definition) is 8. The van der Waals surface area contributed by atoms with Crippen LogP contribution in [0.4, 0.5) is 0 Å². The fourth-order valence-corrected chi connectivity index (χ4v) is 27.9. The molecular weight excluding hydrogens is 471 g/mol. The van der Waals surface area contributed by atoms with Crippen LogP contribution >= 0.6 is 0 Å². The SMILES string of the molecule is CCC[CH2][Sn]([CH2]CCC)([O][Si](OC)(OC)OC)[O][Si](OC)(OC)OC. The van der Waals surface area contributed by atoms with Crippen LogP contribution in [-0.2, 0) is 32.1 Å². The van der Waals surface area contributed by atoms with Crippen molar-refractivity contribution in [1.82, 2.24) is 0 Å². The van der Waals surface area contributed by atoms with Gasteiger partial charge in [-0.25, -0.2) is 0 Å². The summed E-state index contributed by atoms with van der Waals surface area (Å²) in [5.41, 5.74) is 0. The zero-order chi connectivity index (χ0) is 19.4. The van der Waals surface area contributed by atoms with Gasteiger partial charge in [0.25, 0.3) is 0 Å². The van der Waals surface area contributed by atoms with Crippen molar-refractivity contribution in [3.8, 4) is 0 Å². The van der Waals surface area contributed by atoms with Crippen LogP contribution in [0.25, 0.3) is 0 Å². The summed E-state index contributed by atoms with van der Waals surface area (Å²) in [6.45, 7) is 4.27. The van der Waals surface area contributed by atoms with Gasteiger partial charge >= 0.3 is 160 Å². The molecule has 0 aliphatic heterocycles. The van der Waals surface area contributed by atoms with Gasteiger partial charge in [-0.3, -0.25) is 0 Å². The van der Waals surface area contributed by atoms with Crippen molar-refractivity contribution in [2.45, 2.75) is 48.4 Å². The third kappa shape index (κ3) is 7.81. The van der Waals surface area contributed by atoms with E-state index in [0.29, 0.717) is 0 Å². The molecule has 0 saturated carbocycles. The van der Waals surface area contributed by atoms with Crippen molar-refractivity contribution in [3.05, 3.63) is 0 Å². The molecule has 0 radical (unpaired) electrons. The zero-order valence-electron chi connectivity index (χ0n) is 17.0. The Balaban J connectivity index is 5.83. The molecule has 0 N–H and O–H groups in total. The molecule has 0 unspecified atom stereocenters. The van der Waals surface area contributed by atoms with Crippen LogP contribution in [0.2, 0.25) is 8.87 Å². The summed E-state index contributed by atoms with van der Waals surface area (Å²) in [5, 5.41) is 0. The van der Waals surface area contributed by atoms with Gasteiger partial charge in [-0.05, 0) is 0 Å². The average molecular weight is 507 g/mol. The molecule has 0 bridgehead atoms. The summed E-state index contributed by atoms with van der Waals surface area (Å²) in [5.74, 6) is 0. The summed E-state index contributed by atoms with van der Waals surface area (Å²) < 4.78 is 47.7. The molecule has 152 valence electrons. The molecule has 0 aliphatic rings. The van der Waals surface area contributed by atoms with Crippen LogP contribution in [0.5, 0.6) is 0 Å². The first-order valence-electron chi connectivity index (χ1n) is 8.61. The molecule has 0 aromatic rings. The first kappa shape index (κ1) is 25.9. The fourth-order valence-electron chi connectivity index (χ4n) is 2.45. The van der Waals surface area contributed by atoms with Gasteiger partial charge in [0.2, 0.25) is 0 Å². The monoisotopic (exact) mass is 508 g/mol. The second-order valence-corrected chi connectivity index (χ2v) is 22.0. The van der Waals surface area contributed by atoms with Gasteiger partial charge in [-0.15, -0.1) is 0 Å². The minimum absolute atomic E-state index is 0.820. The van der Waals surface area contributed by atoms with Gasteiger partial charge < -0.3 is 0 Å². The Bertz CT molecular complexity index is 294. The van der Waals surface area contributed by atoms with Crippen molar-refractivity contribution in [3.63, 3.8) is 0 Å². The maximum atomic E-state index is 6.49. The third-order valence-corrected chi connectivity index (χ3v) is 25.2. The summed E-state index contributed by atoms with van der Waals surface area (Å²) >= 11 is -3.79. The standard InChI is InChI=1S/2C4H9.2C3H9O4Si.Sn/c2*1-3-4-2;2*1-5-8(4,6-2)7-3;/h2*1,3-4H2,2H3;2*1-3H3;/q;;2*-1;+2. The van der Waals surface area contributed by atoms with E-state index in [2.05, 4.69) is 13.8 Å². The van der Waals surface area contributed by atoms with Crippen molar-refractivity contribution in [2.24, 2.45) is 0 Å². The molecule has 8 nitrogen and oxygen atoms in total. The van der Waals surface area contributed by atoms with E-state index >= 15 is 0 Å². The molecule has 0 aromatic heterocycles. The minimum atomic E-state index is -3.79. The van der Waals surface area contributed by atoms with E-state index in [1.807, 2.05) is 0 Å². The molecule has 0 spiro atoms. The Morgan fingerprint density at radius 2 is 0.840 bits per heavy atom. The normalized spacial score (nSPS) is 13.4. The van der Waals surface area contributed by atoms with Gasteiger partial charge in [-0.1, -0.05) is 0 Å².